The fourth-order valence-electron chi connectivity index (χ4n) is 2.16. The molecule has 0 aliphatic heterocycles. The van der Waals surface area contributed by atoms with E-state index in [-0.39, 0.29) is 0 Å². The second-order valence-electron chi connectivity index (χ2n) is 4.37. The molecule has 0 fully saturated rings. The Morgan fingerprint density at radius 1 is 0.933 bits per heavy atom. The standard InChI is InChI=1S/C14H24N/c1-5-15(6-2,7-3)12-14-11-9-8-10-13(14)4/h8-11H,5-7,12H2,1-4H3/q+1. The van der Waals surface area contributed by atoms with Crippen LogP contribution in [0.1, 0.15) is 31.9 Å². The Labute approximate surface area is 94.3 Å². The molecule has 0 saturated carbocycles. The minimum absolute atomic E-state index is 1.18. The molecule has 0 aliphatic rings. The van der Waals surface area contributed by atoms with Crippen molar-refractivity contribution >= 4 is 0 Å². The molecule has 0 aliphatic carbocycles. The Morgan fingerprint density at radius 2 is 1.47 bits per heavy atom. The highest BCUT2D eigenvalue weighted by molar-refractivity contribution is 5.24. The zero-order valence-electron chi connectivity index (χ0n) is 10.6. The van der Waals surface area contributed by atoms with Crippen molar-refractivity contribution in [3.05, 3.63) is 35.4 Å². The van der Waals surface area contributed by atoms with Gasteiger partial charge in [-0.2, -0.15) is 0 Å². The van der Waals surface area contributed by atoms with Crippen molar-refractivity contribution in [1.29, 1.82) is 0 Å². The summed E-state index contributed by atoms with van der Waals surface area (Å²) in [6.07, 6.45) is 0. The maximum Gasteiger partial charge on any atom is 0.105 e. The van der Waals surface area contributed by atoms with Gasteiger partial charge >= 0.3 is 0 Å². The molecule has 0 heterocycles. The van der Waals surface area contributed by atoms with Crippen LogP contribution in [-0.2, 0) is 6.54 Å². The number of hydrogen-bond donors (Lipinski definition) is 0. The second-order valence-corrected chi connectivity index (χ2v) is 4.37. The van der Waals surface area contributed by atoms with Crippen LogP contribution in [0, 0.1) is 6.92 Å². The van der Waals surface area contributed by atoms with Gasteiger partial charge in [0.2, 0.25) is 0 Å². The van der Waals surface area contributed by atoms with E-state index in [1.807, 2.05) is 0 Å². The molecule has 0 spiro atoms. The Bertz CT molecular complexity index is 292. The summed E-state index contributed by atoms with van der Waals surface area (Å²) in [5, 5.41) is 0. The van der Waals surface area contributed by atoms with Crippen LogP contribution in [0.4, 0.5) is 0 Å². The fraction of sp³-hybridized carbons (Fsp3) is 0.571. The Balaban J connectivity index is 2.88. The third kappa shape index (κ3) is 2.82. The van der Waals surface area contributed by atoms with Crippen molar-refractivity contribution in [2.45, 2.75) is 34.2 Å². The van der Waals surface area contributed by atoms with Crippen molar-refractivity contribution in [2.24, 2.45) is 0 Å². The normalized spacial score (nSPS) is 11.7. The van der Waals surface area contributed by atoms with Crippen molar-refractivity contribution in [1.82, 2.24) is 0 Å². The first kappa shape index (κ1) is 12.3. The van der Waals surface area contributed by atoms with Gasteiger partial charge in [-0.25, -0.2) is 0 Å². The molecule has 0 aromatic heterocycles. The van der Waals surface area contributed by atoms with E-state index in [0.29, 0.717) is 0 Å². The number of quaternary nitrogens is 1. The zero-order chi connectivity index (χ0) is 11.3. The molecule has 0 N–H and O–H groups in total. The van der Waals surface area contributed by atoms with E-state index in [1.54, 1.807) is 0 Å². The van der Waals surface area contributed by atoms with Crippen LogP contribution in [-0.4, -0.2) is 24.1 Å². The van der Waals surface area contributed by atoms with Crippen LogP contribution < -0.4 is 0 Å². The van der Waals surface area contributed by atoms with E-state index in [0.717, 1.165) is 0 Å². The number of hydrogen-bond acceptors (Lipinski definition) is 0. The first-order valence-corrected chi connectivity index (χ1v) is 6.07. The van der Waals surface area contributed by atoms with E-state index >= 15 is 0 Å². The summed E-state index contributed by atoms with van der Waals surface area (Å²) in [5.41, 5.74) is 2.93. The molecule has 0 unspecified atom stereocenters. The van der Waals surface area contributed by atoms with Crippen LogP contribution in [0.3, 0.4) is 0 Å². The highest BCUT2D eigenvalue weighted by atomic mass is 15.3. The van der Waals surface area contributed by atoms with Gasteiger partial charge in [0.05, 0.1) is 19.6 Å². The molecule has 1 aromatic carbocycles. The van der Waals surface area contributed by atoms with E-state index in [1.165, 1.54) is 41.8 Å². The lowest BCUT2D eigenvalue weighted by atomic mass is 10.1. The molecule has 0 amide bonds. The molecule has 1 aromatic rings. The summed E-state index contributed by atoms with van der Waals surface area (Å²) in [5.74, 6) is 0. The second kappa shape index (κ2) is 5.32. The van der Waals surface area contributed by atoms with E-state index in [2.05, 4.69) is 52.0 Å². The van der Waals surface area contributed by atoms with Crippen molar-refractivity contribution in [3.8, 4) is 0 Å². The predicted octanol–water partition coefficient (Wildman–Crippen LogP) is 3.37. The minimum atomic E-state index is 1.18. The van der Waals surface area contributed by atoms with Crippen LogP contribution in [0.15, 0.2) is 24.3 Å². The van der Waals surface area contributed by atoms with Crippen LogP contribution in [0.2, 0.25) is 0 Å². The zero-order valence-corrected chi connectivity index (χ0v) is 10.6. The smallest absolute Gasteiger partial charge is 0.105 e. The molecule has 15 heavy (non-hydrogen) atoms. The minimum Gasteiger partial charge on any atom is -0.321 e. The van der Waals surface area contributed by atoms with Crippen molar-refractivity contribution in [3.63, 3.8) is 0 Å². The van der Waals surface area contributed by atoms with Crippen molar-refractivity contribution < 1.29 is 4.48 Å². The third-order valence-electron chi connectivity index (χ3n) is 3.78. The van der Waals surface area contributed by atoms with Crippen LogP contribution in [0.5, 0.6) is 0 Å². The predicted molar refractivity (Wildman–Crippen MR) is 66.8 cm³/mol. The average Bonchev–Trinajstić information content (AvgIpc) is 2.29. The summed E-state index contributed by atoms with van der Waals surface area (Å²) in [6.45, 7) is 14.0. The topological polar surface area (TPSA) is 0 Å². The highest BCUT2D eigenvalue weighted by Gasteiger charge is 2.21. The van der Waals surface area contributed by atoms with E-state index < -0.39 is 0 Å². The Hall–Kier alpha value is -0.820. The van der Waals surface area contributed by atoms with Crippen LogP contribution >= 0.6 is 0 Å². The molecule has 0 saturated heterocycles. The first-order valence-electron chi connectivity index (χ1n) is 6.07. The molecule has 0 atom stereocenters. The molecule has 84 valence electrons. The SMILES string of the molecule is CC[N+](CC)(CC)Cc1ccccc1C. The average molecular weight is 206 g/mol. The summed E-state index contributed by atoms with van der Waals surface area (Å²) in [6, 6.07) is 8.75. The lowest BCUT2D eigenvalue weighted by Crippen LogP contribution is -2.46. The number of rotatable bonds is 5. The lowest BCUT2D eigenvalue weighted by Gasteiger charge is -2.36. The molecule has 1 nitrogen and oxygen atoms in total. The quantitative estimate of drug-likeness (QED) is 0.648. The van der Waals surface area contributed by atoms with Crippen molar-refractivity contribution in [2.75, 3.05) is 19.6 Å². The number of nitrogens with zero attached hydrogens (tertiary/aromatic N) is 1. The summed E-state index contributed by atoms with van der Waals surface area (Å²) < 4.78 is 1.20. The highest BCUT2D eigenvalue weighted by Crippen LogP contribution is 2.16. The van der Waals surface area contributed by atoms with Gasteiger partial charge in [-0.3, -0.25) is 0 Å². The van der Waals surface area contributed by atoms with Gasteiger partial charge in [0.1, 0.15) is 6.54 Å². The largest absolute Gasteiger partial charge is 0.321 e. The summed E-state index contributed by atoms with van der Waals surface area (Å²) >= 11 is 0. The fourth-order valence-corrected chi connectivity index (χ4v) is 2.16. The maximum absolute atomic E-state index is 2.30. The van der Waals surface area contributed by atoms with Gasteiger partial charge < -0.3 is 4.48 Å². The number of benzene rings is 1. The number of aryl methyl sites for hydroxylation is 1. The third-order valence-corrected chi connectivity index (χ3v) is 3.78. The van der Waals surface area contributed by atoms with Gasteiger partial charge in [-0.1, -0.05) is 24.3 Å². The molecular formula is C14H24N+. The van der Waals surface area contributed by atoms with Gasteiger partial charge in [-0.15, -0.1) is 0 Å². The van der Waals surface area contributed by atoms with Gasteiger partial charge in [0.15, 0.2) is 0 Å². The molecule has 1 rings (SSSR count). The molecule has 1 heteroatoms. The van der Waals surface area contributed by atoms with Gasteiger partial charge in [0.25, 0.3) is 0 Å². The van der Waals surface area contributed by atoms with E-state index in [9.17, 15) is 0 Å². The molecule has 0 bridgehead atoms. The van der Waals surface area contributed by atoms with Gasteiger partial charge in [0, 0.05) is 5.56 Å². The van der Waals surface area contributed by atoms with E-state index in [4.69, 9.17) is 0 Å². The molecular weight excluding hydrogens is 182 g/mol. The summed E-state index contributed by atoms with van der Waals surface area (Å²) in [7, 11) is 0. The lowest BCUT2D eigenvalue weighted by molar-refractivity contribution is -0.936. The van der Waals surface area contributed by atoms with Gasteiger partial charge in [-0.05, 0) is 33.3 Å². The molecule has 0 radical (unpaired) electrons. The maximum atomic E-state index is 2.30. The first-order chi connectivity index (χ1) is 7.17. The Kier molecular flexibility index (Phi) is 4.34. The summed E-state index contributed by atoms with van der Waals surface area (Å²) in [4.78, 5) is 0. The monoisotopic (exact) mass is 206 g/mol. The van der Waals surface area contributed by atoms with Crippen LogP contribution in [0.25, 0.3) is 0 Å². The Morgan fingerprint density at radius 3 is 1.93 bits per heavy atom.